The minimum Gasteiger partial charge on any atom is -0.455 e. The number of aromatic nitrogens is 5. The Bertz CT molecular complexity index is 4920. The summed E-state index contributed by atoms with van der Waals surface area (Å²) in [5.41, 5.74) is -2.56. The van der Waals surface area contributed by atoms with Gasteiger partial charge in [0, 0.05) is 32.8 Å². The maximum absolute atomic E-state index is 15.4. The van der Waals surface area contributed by atoms with Crippen molar-refractivity contribution in [2.45, 2.75) is 165 Å². The number of ether oxygens (including phenoxy) is 1. The number of thiazole rings is 4. The average Bonchev–Trinajstić information content (AvgIpc) is 1.66. The Morgan fingerprint density at radius 2 is 1.42 bits per heavy atom. The third kappa shape index (κ3) is 18.5. The third-order valence-electron chi connectivity index (χ3n) is 18.7. The molecule has 7 unspecified atom stereocenters. The van der Waals surface area contributed by atoms with Gasteiger partial charge in [0.15, 0.2) is 0 Å². The highest BCUT2D eigenvalue weighted by atomic mass is 32.2. The van der Waals surface area contributed by atoms with Crippen LogP contribution in [0.2, 0.25) is 0 Å². The van der Waals surface area contributed by atoms with Crippen LogP contribution in [0.15, 0.2) is 105 Å². The first-order valence-corrected chi connectivity index (χ1v) is 39.3. The molecule has 18 N–H and O–H groups in total. The maximum atomic E-state index is 15.4. The molecule has 0 saturated heterocycles. The second-order valence-corrected chi connectivity index (χ2v) is 31.9. The fourth-order valence-corrected chi connectivity index (χ4v) is 16.9. The Labute approximate surface area is 664 Å². The molecule has 0 fully saturated rings. The number of thioether (sulfide) groups is 1. The molecule has 113 heavy (non-hydrogen) atoms. The number of carbonyl (C=O) groups is 12. The molecule has 11 amide bonds. The minimum absolute atomic E-state index is 0.0184. The van der Waals surface area contributed by atoms with Crippen LogP contribution in [0.3, 0.4) is 0 Å². The van der Waals surface area contributed by atoms with Crippen LogP contribution in [0.25, 0.3) is 6.08 Å². The number of cyclic esters (lactones) is 1. The van der Waals surface area contributed by atoms with Gasteiger partial charge in [0.05, 0.1) is 76.0 Å². The zero-order chi connectivity index (χ0) is 82.7. The second kappa shape index (κ2) is 34.7. The quantitative estimate of drug-likeness (QED) is 0.0633. The van der Waals surface area contributed by atoms with E-state index in [9.17, 15) is 68.7 Å². The van der Waals surface area contributed by atoms with Crippen LogP contribution in [0, 0.1) is 5.92 Å². The molecule has 10 rings (SSSR count). The van der Waals surface area contributed by atoms with E-state index >= 15 is 14.4 Å². The molecule has 37 nitrogen and oxygen atoms in total. The molecule has 0 radical (unpaired) electrons. The van der Waals surface area contributed by atoms with Gasteiger partial charge in [-0.3, -0.25) is 68.0 Å². The molecular formula is C71H81N19O18S5. The molecule has 0 spiro atoms. The van der Waals surface area contributed by atoms with Crippen LogP contribution in [-0.2, 0) is 48.6 Å². The lowest BCUT2D eigenvalue weighted by atomic mass is 9.80. The van der Waals surface area contributed by atoms with Gasteiger partial charge < -0.3 is 89.2 Å². The molecule has 0 saturated carbocycles. The normalized spacial score (nSPS) is 26.1. The summed E-state index contributed by atoms with van der Waals surface area (Å²) in [6.07, 6.45) is -3.71. The lowest BCUT2D eigenvalue weighted by Crippen LogP contribution is -2.57. The number of nitrogens with zero attached hydrogens (tertiary/aromatic N) is 7. The highest BCUT2D eigenvalue weighted by molar-refractivity contribution is 8.14. The second-order valence-electron chi connectivity index (χ2n) is 27.4. The molecule has 9 heterocycles. The number of rotatable bonds is 11. The van der Waals surface area contributed by atoms with E-state index in [2.05, 4.69) is 105 Å². The van der Waals surface area contributed by atoms with Crippen LogP contribution >= 0.6 is 57.1 Å². The van der Waals surface area contributed by atoms with E-state index in [-0.39, 0.29) is 89.0 Å². The predicted molar refractivity (Wildman–Crippen MR) is 413 cm³/mol. The third-order valence-corrected chi connectivity index (χ3v) is 23.6. The van der Waals surface area contributed by atoms with Gasteiger partial charge in [-0.2, -0.15) is 0 Å². The van der Waals surface area contributed by atoms with Crippen LogP contribution in [0.1, 0.15) is 190 Å². The first kappa shape index (κ1) is 84.6. The van der Waals surface area contributed by atoms with Gasteiger partial charge >= 0.3 is 5.97 Å². The van der Waals surface area contributed by atoms with Crippen molar-refractivity contribution in [3.05, 3.63) is 160 Å². The van der Waals surface area contributed by atoms with Gasteiger partial charge in [-0.05, 0) is 78.9 Å². The number of nitrogens with one attached hydrogen (secondary N) is 11. The number of fused-ring (bicyclic) bond motifs is 7. The highest BCUT2D eigenvalue weighted by Gasteiger charge is 2.51. The number of aliphatic hydroxyl groups is 5. The largest absolute Gasteiger partial charge is 0.455 e. The Hall–Kier alpha value is -10.8. The summed E-state index contributed by atoms with van der Waals surface area (Å²) in [4.78, 5) is 203. The Balaban J connectivity index is 1.18. The van der Waals surface area contributed by atoms with Crippen LogP contribution in [0.4, 0.5) is 0 Å². The number of nitrogens with two attached hydrogens (primary N) is 1. The van der Waals surface area contributed by atoms with Crippen molar-refractivity contribution in [2.24, 2.45) is 21.6 Å². The van der Waals surface area contributed by atoms with Crippen molar-refractivity contribution >= 4 is 145 Å². The minimum atomic E-state index is -2.21. The molecule has 5 aromatic heterocycles. The van der Waals surface area contributed by atoms with Crippen molar-refractivity contribution in [3.8, 4) is 0 Å². The number of aliphatic hydroxyl groups excluding tert-OH is 4. The predicted octanol–water partition coefficient (Wildman–Crippen LogP) is 0.509. The van der Waals surface area contributed by atoms with Crippen molar-refractivity contribution in [1.82, 2.24) is 83.4 Å². The number of carbonyl (C=O) groups excluding carboxylic acids is 12. The van der Waals surface area contributed by atoms with E-state index in [4.69, 9.17) is 25.4 Å². The molecule has 0 aromatic carbocycles. The number of hydrogen-bond donors (Lipinski definition) is 17. The number of esters is 1. The zero-order valence-electron chi connectivity index (χ0n) is 61.9. The number of aliphatic imine (C=N–C) groups is 2. The average molecular weight is 1650 g/mol. The molecular weight excluding hydrogens is 1570 g/mol. The molecule has 42 heteroatoms. The highest BCUT2D eigenvalue weighted by Crippen LogP contribution is 2.48. The van der Waals surface area contributed by atoms with E-state index in [1.807, 2.05) is 0 Å². The van der Waals surface area contributed by atoms with E-state index in [0.717, 1.165) is 57.1 Å². The molecule has 15 atom stereocenters. The van der Waals surface area contributed by atoms with Crippen LogP contribution in [0.5, 0.6) is 0 Å². The molecule has 1 aliphatic carbocycles. The number of pyridine rings is 1. The Kier molecular flexibility index (Phi) is 26.0. The molecule has 5 aliphatic rings. The number of allylic oxidation sites excluding steroid dienone is 1. The number of primary amides is 1. The first-order valence-electron chi connectivity index (χ1n) is 34.8. The standard InChI is InChI=1S/C71H81N19O18S5/c1-14-37-64-83-44(22-109-64)61(103)89-52(70(13,107)34(12)93)67-85-43(23-112-67)59(101)88-48-33(11)108-68(106)40-19-36(31(9)91)35-15-16-38(50(94)49(35)79-40)78-46(25(2)3)62(104)77-29(7)56(98)74-27(5)55(97)75-30(8)57(99)90-71(69-86-45(24-113-69)60(102)87-47(32(10)92)63(105)81-37)18-17-39(80-51(71)41-20-111-66(48)82-41)65-84-42(21-110-65)58(100)76-28(6)54(96)73-26(4)53(72)95/h14-16,19-21,23-25,30-34,38,44,46-48,50-52,78,91-94,107H,4-7,17-18,22H2,1-3,8-13H3,(H2,72,95)(H,73,96)(H,74,98)(H,75,97)(H,76,100)(H,77,104)(H,81,105)(H,87,102)(H,88,101)(H,89,103)(H,90,99)/b37-14-/t30-,31+,32?,33?,34+,38+,44+,46?,47?,48?,50-,51+,52?,70+,71?/m0/s1. The molecule has 4 aliphatic heterocycles. The Morgan fingerprint density at radius 1 is 0.743 bits per heavy atom. The summed E-state index contributed by atoms with van der Waals surface area (Å²) in [7, 11) is 0. The van der Waals surface area contributed by atoms with E-state index < -0.39 is 201 Å². The summed E-state index contributed by atoms with van der Waals surface area (Å²) in [6.45, 7) is 26.9. The topological polar surface area (TPSA) is 563 Å². The molecule has 13 bridgehead atoms. The van der Waals surface area contributed by atoms with Crippen LogP contribution < -0.4 is 64.2 Å². The number of hydrogen-bond acceptors (Lipinski definition) is 31. The van der Waals surface area contributed by atoms with E-state index in [1.54, 1.807) is 20.8 Å². The maximum Gasteiger partial charge on any atom is 0.357 e. The van der Waals surface area contributed by atoms with Crippen LogP contribution in [-0.4, -0.2) is 192 Å². The van der Waals surface area contributed by atoms with Gasteiger partial charge in [0.1, 0.15) is 107 Å². The molecule has 598 valence electrons. The van der Waals surface area contributed by atoms with E-state index in [1.165, 1.54) is 87.4 Å². The van der Waals surface area contributed by atoms with Gasteiger partial charge in [0.25, 0.3) is 41.4 Å². The fraction of sp³-hybridized carbons (Fsp3) is 0.394. The summed E-state index contributed by atoms with van der Waals surface area (Å²) in [6, 6.07) is -10.4. The fourth-order valence-electron chi connectivity index (χ4n) is 12.0. The summed E-state index contributed by atoms with van der Waals surface area (Å²) in [5.74, 6) is -12.7. The van der Waals surface area contributed by atoms with Crippen molar-refractivity contribution in [2.75, 3.05) is 5.75 Å². The summed E-state index contributed by atoms with van der Waals surface area (Å²) < 4.78 is 6.24. The lowest BCUT2D eigenvalue weighted by molar-refractivity contribution is -0.129. The van der Waals surface area contributed by atoms with E-state index in [0.29, 0.717) is 0 Å². The van der Waals surface area contributed by atoms with Crippen molar-refractivity contribution < 1.29 is 87.8 Å². The van der Waals surface area contributed by atoms with Gasteiger partial charge in [-0.15, -0.1) is 57.1 Å². The van der Waals surface area contributed by atoms with Gasteiger partial charge in [0.2, 0.25) is 23.6 Å². The summed E-state index contributed by atoms with van der Waals surface area (Å²) >= 11 is 4.39. The molecule has 5 aromatic rings. The van der Waals surface area contributed by atoms with Crippen molar-refractivity contribution in [3.63, 3.8) is 0 Å². The van der Waals surface area contributed by atoms with Gasteiger partial charge in [-0.25, -0.2) is 29.7 Å². The smallest absolute Gasteiger partial charge is 0.357 e. The van der Waals surface area contributed by atoms with Crippen molar-refractivity contribution in [1.29, 1.82) is 0 Å². The summed E-state index contributed by atoms with van der Waals surface area (Å²) in [5, 5.41) is 91.5. The zero-order valence-corrected chi connectivity index (χ0v) is 66.0. The monoisotopic (exact) mass is 1650 g/mol. The first-order chi connectivity index (χ1) is 53.2. The number of amides is 11. The SMILES string of the molecule is C=C(NC(=O)C(=C)NC(=O)c1csc(C2=N[C@@H]3c4csc(n4)C4NC(=O)c5csc(n5)C([C@](C)(O)[C@@H](C)O)NC(=O)[C@H]5CSC(=N5)/C(=C/C)NC(=O)C(C(C)O)NC(=O)c5csc(n5)C3(CC2)NC(=O)[C@H](C)NC(=O)C(=C)NC(=O)C(=C)NC(=O)C(C(C)C)N[C@@H]2C=Cc3c([C@@H](C)O)cc(nc3[C@H]2O)C(=O)OC4C)n1)C(N)=O. The lowest BCUT2D eigenvalue weighted by Gasteiger charge is -2.41. The Morgan fingerprint density at radius 3 is 2.09 bits per heavy atom. The van der Waals surface area contributed by atoms with Gasteiger partial charge in [-0.1, -0.05) is 58.4 Å².